The fraction of sp³-hybridized carbons (Fsp3) is 0. The number of nitrogens with zero attached hydrogens (tertiary/aromatic N) is 2. The second kappa shape index (κ2) is 5.07. The third kappa shape index (κ3) is 2.25. The van der Waals surface area contributed by atoms with Crippen LogP contribution in [0.15, 0.2) is 33.6 Å². The van der Waals surface area contributed by atoms with Crippen molar-refractivity contribution in [3.05, 3.63) is 55.2 Å². The van der Waals surface area contributed by atoms with E-state index in [0.717, 1.165) is 0 Å². The van der Waals surface area contributed by atoms with E-state index in [1.165, 1.54) is 18.2 Å². The molecule has 0 saturated carbocycles. The summed E-state index contributed by atoms with van der Waals surface area (Å²) in [5.41, 5.74) is 0.358. The van der Waals surface area contributed by atoms with Crippen LogP contribution in [0.2, 0.25) is 5.02 Å². The quantitative estimate of drug-likeness (QED) is 0.687. The van der Waals surface area contributed by atoms with Gasteiger partial charge in [-0.15, -0.1) is 0 Å². The predicted octanol–water partition coefficient (Wildman–Crippen LogP) is 3.66. The topological polar surface area (TPSA) is 64.7 Å². The fourth-order valence-corrected chi connectivity index (χ4v) is 2.54. The van der Waals surface area contributed by atoms with Gasteiger partial charge in [-0.2, -0.15) is 10.5 Å². The Hall–Kier alpha value is -1.78. The molecule has 6 heteroatoms. The third-order valence-electron chi connectivity index (χ3n) is 2.53. The van der Waals surface area contributed by atoms with E-state index in [1.54, 1.807) is 12.1 Å². The minimum absolute atomic E-state index is 0.0661. The Bertz CT molecular complexity index is 779. The lowest BCUT2D eigenvalue weighted by molar-refractivity contribution is 1.46. The van der Waals surface area contributed by atoms with Crippen molar-refractivity contribution < 1.29 is 0 Å². The molecule has 92 valence electrons. The summed E-state index contributed by atoms with van der Waals surface area (Å²) in [6, 6.07) is 7.42. The standard InChI is InChI=1S/C13H3Cl3N2O/c14-7-1-8(19)3-9-10(2-7)12(15)13(16)11(9)6(4-17)5-18/h1-3H. The zero-order chi connectivity index (χ0) is 14.2. The van der Waals surface area contributed by atoms with E-state index in [9.17, 15) is 4.79 Å². The minimum Gasteiger partial charge on any atom is -0.290 e. The first-order valence-corrected chi connectivity index (χ1v) is 6.08. The van der Waals surface area contributed by atoms with Crippen molar-refractivity contribution in [2.45, 2.75) is 0 Å². The van der Waals surface area contributed by atoms with Crippen molar-refractivity contribution in [3.8, 4) is 12.1 Å². The summed E-state index contributed by atoms with van der Waals surface area (Å²) in [4.78, 5) is 11.6. The van der Waals surface area contributed by atoms with Gasteiger partial charge in [0.25, 0.3) is 0 Å². The second-order valence-corrected chi connectivity index (χ2v) is 4.84. The second-order valence-electron chi connectivity index (χ2n) is 3.65. The molecule has 1 aliphatic carbocycles. The zero-order valence-electron chi connectivity index (χ0n) is 9.17. The van der Waals surface area contributed by atoms with Crippen molar-refractivity contribution in [2.24, 2.45) is 0 Å². The van der Waals surface area contributed by atoms with Crippen molar-refractivity contribution in [1.82, 2.24) is 0 Å². The molecule has 1 aromatic carbocycles. The smallest absolute Gasteiger partial charge is 0.180 e. The van der Waals surface area contributed by atoms with Crippen LogP contribution in [0.4, 0.5) is 0 Å². The Morgan fingerprint density at radius 1 is 0.947 bits per heavy atom. The largest absolute Gasteiger partial charge is 0.290 e. The molecule has 0 aromatic heterocycles. The van der Waals surface area contributed by atoms with Crippen molar-refractivity contribution in [1.29, 1.82) is 10.5 Å². The van der Waals surface area contributed by atoms with Gasteiger partial charge >= 0.3 is 0 Å². The maximum Gasteiger partial charge on any atom is 0.180 e. The van der Waals surface area contributed by atoms with Crippen molar-refractivity contribution in [2.75, 3.05) is 0 Å². The number of hydrogen-bond acceptors (Lipinski definition) is 3. The summed E-state index contributed by atoms with van der Waals surface area (Å²) in [5, 5.41) is 18.3. The Labute approximate surface area is 123 Å². The van der Waals surface area contributed by atoms with E-state index in [1.807, 2.05) is 0 Å². The van der Waals surface area contributed by atoms with Gasteiger partial charge in [-0.25, -0.2) is 0 Å². The number of halogens is 3. The van der Waals surface area contributed by atoms with Gasteiger partial charge in [0.1, 0.15) is 17.7 Å². The average molecular weight is 310 g/mol. The van der Waals surface area contributed by atoms with Crippen LogP contribution >= 0.6 is 34.8 Å². The highest BCUT2D eigenvalue weighted by molar-refractivity contribution is 6.59. The van der Waals surface area contributed by atoms with Crippen LogP contribution in [-0.4, -0.2) is 0 Å². The molecule has 0 atom stereocenters. The number of hydrogen-bond donors (Lipinski definition) is 0. The van der Waals surface area contributed by atoms with E-state index in [2.05, 4.69) is 0 Å². The first-order chi connectivity index (χ1) is 8.99. The van der Waals surface area contributed by atoms with Gasteiger partial charge in [-0.3, -0.25) is 4.79 Å². The van der Waals surface area contributed by atoms with Crippen LogP contribution in [0.1, 0.15) is 11.1 Å². The van der Waals surface area contributed by atoms with Crippen LogP contribution in [0.25, 0.3) is 10.6 Å². The maximum atomic E-state index is 11.6. The summed E-state index contributed by atoms with van der Waals surface area (Å²) in [7, 11) is 0. The molecule has 0 radical (unpaired) electrons. The van der Waals surface area contributed by atoms with Gasteiger partial charge in [0.2, 0.25) is 0 Å². The van der Waals surface area contributed by atoms with Crippen LogP contribution in [0.5, 0.6) is 0 Å². The monoisotopic (exact) mass is 308 g/mol. The molecule has 2 rings (SSSR count). The maximum absolute atomic E-state index is 11.6. The van der Waals surface area contributed by atoms with E-state index in [4.69, 9.17) is 45.3 Å². The first-order valence-electron chi connectivity index (χ1n) is 4.95. The normalized spacial score (nSPS) is 12.8. The molecule has 0 N–H and O–H groups in total. The van der Waals surface area contributed by atoms with Gasteiger partial charge in [0, 0.05) is 22.2 Å². The molecule has 0 spiro atoms. The summed E-state index contributed by atoms with van der Waals surface area (Å²) in [6.45, 7) is 0. The number of rotatable bonds is 0. The summed E-state index contributed by atoms with van der Waals surface area (Å²) in [6.07, 6.45) is 0. The molecule has 0 saturated heterocycles. The minimum atomic E-state index is -0.366. The van der Waals surface area contributed by atoms with Crippen LogP contribution in [0, 0.1) is 22.7 Å². The van der Waals surface area contributed by atoms with E-state index in [0.29, 0.717) is 11.1 Å². The Kier molecular flexibility index (Phi) is 3.64. The van der Waals surface area contributed by atoms with Gasteiger partial charge in [0.05, 0.1) is 10.1 Å². The summed E-state index contributed by atoms with van der Waals surface area (Å²) >= 11 is 18.0. The van der Waals surface area contributed by atoms with Crippen LogP contribution in [0.3, 0.4) is 0 Å². The van der Waals surface area contributed by atoms with Crippen LogP contribution < -0.4 is 5.43 Å². The molecule has 1 aliphatic rings. The lowest BCUT2D eigenvalue weighted by atomic mass is 10.0. The molecule has 0 bridgehead atoms. The molecule has 1 aromatic rings. The Balaban J connectivity index is 2.99. The number of nitriles is 2. The molecule has 19 heavy (non-hydrogen) atoms. The first kappa shape index (κ1) is 13.6. The molecule has 0 aliphatic heterocycles. The third-order valence-corrected chi connectivity index (χ3v) is 3.62. The van der Waals surface area contributed by atoms with E-state index >= 15 is 0 Å². The fourth-order valence-electron chi connectivity index (χ4n) is 1.77. The van der Waals surface area contributed by atoms with Crippen LogP contribution in [-0.2, 0) is 0 Å². The van der Waals surface area contributed by atoms with E-state index in [-0.39, 0.29) is 31.7 Å². The van der Waals surface area contributed by atoms with Gasteiger partial charge in [-0.05, 0) is 17.7 Å². The Morgan fingerprint density at radius 3 is 2.16 bits per heavy atom. The highest BCUT2D eigenvalue weighted by atomic mass is 35.5. The predicted molar refractivity (Wildman–Crippen MR) is 74.5 cm³/mol. The number of fused-ring (bicyclic) bond motifs is 1. The SMILES string of the molecule is N#CC(C#N)=C1C(Cl)=C(Cl)c2cc(Cl)cc(=O)cc21. The number of allylic oxidation sites excluding steroid dienone is 3. The highest BCUT2D eigenvalue weighted by Crippen LogP contribution is 2.46. The molecule has 0 heterocycles. The zero-order valence-corrected chi connectivity index (χ0v) is 11.4. The molecular weight excluding hydrogens is 307 g/mol. The Morgan fingerprint density at radius 2 is 1.58 bits per heavy atom. The molecule has 0 fully saturated rings. The van der Waals surface area contributed by atoms with Crippen molar-refractivity contribution >= 4 is 45.4 Å². The van der Waals surface area contributed by atoms with Gasteiger partial charge in [-0.1, -0.05) is 34.8 Å². The van der Waals surface area contributed by atoms with Gasteiger partial charge in [0.15, 0.2) is 5.43 Å². The molecule has 0 unspecified atom stereocenters. The summed E-state index contributed by atoms with van der Waals surface area (Å²) in [5.74, 6) is 0. The lowest BCUT2D eigenvalue weighted by Gasteiger charge is -1.98. The lowest BCUT2D eigenvalue weighted by Crippen LogP contribution is -1.94. The average Bonchev–Trinajstić information content (AvgIpc) is 2.52. The summed E-state index contributed by atoms with van der Waals surface area (Å²) < 4.78 is 0. The van der Waals surface area contributed by atoms with E-state index < -0.39 is 0 Å². The van der Waals surface area contributed by atoms with Crippen molar-refractivity contribution in [3.63, 3.8) is 0 Å². The molecular formula is C13H3Cl3N2O. The molecule has 0 amide bonds. The van der Waals surface area contributed by atoms with Gasteiger partial charge < -0.3 is 0 Å². The highest BCUT2D eigenvalue weighted by Gasteiger charge is 2.27. The molecule has 3 nitrogen and oxygen atoms in total.